The quantitative estimate of drug-likeness (QED) is 0.0146. The van der Waals surface area contributed by atoms with Crippen LogP contribution in [0.15, 0.2) is 72.9 Å². The smallest absolute Gasteiger partial charge is 0.463 e. The second kappa shape index (κ2) is 55.5. The van der Waals surface area contributed by atoms with Crippen LogP contribution >= 0.6 is 15.6 Å². The van der Waals surface area contributed by atoms with Crippen molar-refractivity contribution in [3.63, 3.8) is 0 Å². The number of aliphatic hydroxyl groups excluding tert-OH is 2. The van der Waals surface area contributed by atoms with Gasteiger partial charge in [-0.15, -0.1) is 0 Å². The van der Waals surface area contributed by atoms with Crippen LogP contribution in [0.3, 0.4) is 0 Å². The lowest BCUT2D eigenvalue weighted by atomic mass is 10.1. The first kappa shape index (κ1) is 76.0. The zero-order valence-electron chi connectivity index (χ0n) is 49.0. The second-order valence-corrected chi connectivity index (χ2v) is 23.0. The van der Waals surface area contributed by atoms with E-state index >= 15 is 0 Å². The molecule has 0 aliphatic heterocycles. The number of phosphoric acid groups is 2. The van der Waals surface area contributed by atoms with Crippen LogP contribution in [0, 0.1) is 0 Å². The lowest BCUT2D eigenvalue weighted by molar-refractivity contribution is -0.161. The van der Waals surface area contributed by atoms with E-state index in [1.54, 1.807) is 0 Å². The summed E-state index contributed by atoms with van der Waals surface area (Å²) < 4.78 is 60.6. The minimum Gasteiger partial charge on any atom is -0.463 e. The molecule has 16 nitrogen and oxygen atoms in total. The third-order valence-corrected chi connectivity index (χ3v) is 14.3. The maximum atomic E-state index is 12.8. The molecule has 4 N–H and O–H groups in total. The summed E-state index contributed by atoms with van der Waals surface area (Å²) in [7, 11) is -9.76. The summed E-state index contributed by atoms with van der Waals surface area (Å²) in [5, 5.41) is 20.4. The highest BCUT2D eigenvalue weighted by molar-refractivity contribution is 7.47. The van der Waals surface area contributed by atoms with Gasteiger partial charge in [-0.1, -0.05) is 184 Å². The molecule has 0 aromatic heterocycles. The van der Waals surface area contributed by atoms with E-state index in [-0.39, 0.29) is 19.3 Å². The number of unbranched alkanes of at least 4 members (excludes halogenated alkanes) is 22. The first-order chi connectivity index (χ1) is 38.2. The molecule has 0 saturated heterocycles. The normalized spacial score (nSPS) is 15.0. The van der Waals surface area contributed by atoms with Crippen molar-refractivity contribution in [2.24, 2.45) is 0 Å². The van der Waals surface area contributed by atoms with Crippen LogP contribution in [0.5, 0.6) is 0 Å². The van der Waals surface area contributed by atoms with Gasteiger partial charge in [0, 0.05) is 19.3 Å². The third-order valence-electron chi connectivity index (χ3n) is 12.4. The summed E-state index contributed by atoms with van der Waals surface area (Å²) in [5.41, 5.74) is 0. The molecular weight excluding hydrogens is 1050 g/mol. The Morgan fingerprint density at radius 2 is 0.671 bits per heavy atom. The van der Waals surface area contributed by atoms with Crippen LogP contribution in [-0.2, 0) is 55.8 Å². The zero-order valence-corrected chi connectivity index (χ0v) is 50.8. The van der Waals surface area contributed by atoms with Gasteiger partial charge >= 0.3 is 33.6 Å². The fraction of sp³-hybridized carbons (Fsp3) is 0.754. The zero-order chi connectivity index (χ0) is 58.2. The minimum atomic E-state index is -4.92. The van der Waals surface area contributed by atoms with Gasteiger partial charge in [-0.05, 0) is 109 Å². The SMILES string of the molecule is CC/C=C\C/C=C\C/C=C\CCCCCCCC(=O)OCC(O)COP(=O)(O)OCC(O)COP(=O)(O)OCC(COC(=O)CCCCCCC/C=C\C/C=C\CCCCC)OC(=O)CCCCCCC/C=C\CCCCCC. The molecule has 79 heavy (non-hydrogen) atoms. The van der Waals surface area contributed by atoms with Crippen LogP contribution in [0.2, 0.25) is 0 Å². The average Bonchev–Trinajstić information content (AvgIpc) is 3.42. The number of esters is 3. The largest absolute Gasteiger partial charge is 0.472 e. The molecule has 458 valence electrons. The molecule has 0 aliphatic rings. The summed E-state index contributed by atoms with van der Waals surface area (Å²) >= 11 is 0. The lowest BCUT2D eigenvalue weighted by Gasteiger charge is -2.21. The molecule has 18 heteroatoms. The highest BCUT2D eigenvalue weighted by Gasteiger charge is 2.29. The molecule has 0 spiro atoms. The van der Waals surface area contributed by atoms with Crippen molar-refractivity contribution in [2.45, 2.75) is 257 Å². The Morgan fingerprint density at radius 3 is 1.10 bits per heavy atom. The van der Waals surface area contributed by atoms with E-state index in [2.05, 4.69) is 93.7 Å². The summed E-state index contributed by atoms with van der Waals surface area (Å²) in [6.07, 6.45) is 54.0. The standard InChI is InChI=1S/C61H108O16P2/c1-4-7-10-13-16-19-22-25-27-30-32-35-38-41-44-47-59(64)71-50-56(62)51-73-78(67,68)74-52-57(63)53-75-79(69,70)76-55-58(77-61(66)49-46-43-40-37-34-29-24-21-18-15-12-9-6-3)54-72-60(65)48-45-42-39-36-33-31-28-26-23-20-17-14-11-8-5-2/h7,10,16-17,19-21,24-28,56-58,62-63H,4-6,8-9,11-15,18,22-23,29-55H2,1-3H3,(H,67,68)(H,69,70)/b10-7-,19-16-,20-17-,24-21-,27-25-,28-26-. The Balaban J connectivity index is 4.73. The van der Waals surface area contributed by atoms with Crippen LogP contribution in [-0.4, -0.2) is 95.9 Å². The number of hydrogen-bond donors (Lipinski definition) is 4. The number of allylic oxidation sites excluding steroid dienone is 12. The number of hydrogen-bond acceptors (Lipinski definition) is 14. The first-order valence-electron chi connectivity index (χ1n) is 30.2. The van der Waals surface area contributed by atoms with Crippen molar-refractivity contribution in [1.82, 2.24) is 0 Å². The third kappa shape index (κ3) is 56.6. The van der Waals surface area contributed by atoms with Gasteiger partial charge < -0.3 is 34.2 Å². The van der Waals surface area contributed by atoms with Crippen LogP contribution in [0.4, 0.5) is 0 Å². The Morgan fingerprint density at radius 1 is 0.367 bits per heavy atom. The topological polar surface area (TPSA) is 231 Å². The molecule has 0 radical (unpaired) electrons. The van der Waals surface area contributed by atoms with Gasteiger partial charge in [-0.2, -0.15) is 0 Å². The summed E-state index contributed by atoms with van der Waals surface area (Å²) in [4.78, 5) is 58.1. The summed E-state index contributed by atoms with van der Waals surface area (Å²) in [6.45, 7) is 2.44. The van der Waals surface area contributed by atoms with Gasteiger partial charge in [0.25, 0.3) is 0 Å². The van der Waals surface area contributed by atoms with E-state index in [0.29, 0.717) is 19.3 Å². The summed E-state index contributed by atoms with van der Waals surface area (Å²) in [5.74, 6) is -1.62. The highest BCUT2D eigenvalue weighted by atomic mass is 31.2. The fourth-order valence-electron chi connectivity index (χ4n) is 7.72. The number of carbonyl (C=O) groups is 3. The molecular formula is C61H108O16P2. The van der Waals surface area contributed by atoms with E-state index in [9.17, 15) is 43.5 Å². The van der Waals surface area contributed by atoms with Crippen molar-refractivity contribution in [1.29, 1.82) is 0 Å². The van der Waals surface area contributed by atoms with Crippen LogP contribution in [0.1, 0.15) is 239 Å². The van der Waals surface area contributed by atoms with Gasteiger partial charge in [0.05, 0.1) is 26.4 Å². The number of carbonyl (C=O) groups excluding carboxylic acids is 3. The van der Waals surface area contributed by atoms with Crippen molar-refractivity contribution < 1.29 is 75.8 Å². The number of ether oxygens (including phenoxy) is 3. The van der Waals surface area contributed by atoms with E-state index < -0.39 is 91.5 Å². The van der Waals surface area contributed by atoms with Gasteiger partial charge in [0.2, 0.25) is 0 Å². The van der Waals surface area contributed by atoms with Gasteiger partial charge in [-0.25, -0.2) is 9.13 Å². The fourth-order valence-corrected chi connectivity index (χ4v) is 9.31. The van der Waals surface area contributed by atoms with Crippen molar-refractivity contribution in [2.75, 3.05) is 39.6 Å². The lowest BCUT2D eigenvalue weighted by Crippen LogP contribution is -2.30. The van der Waals surface area contributed by atoms with Crippen molar-refractivity contribution >= 4 is 33.6 Å². The Kier molecular flexibility index (Phi) is 53.4. The number of aliphatic hydroxyl groups is 2. The second-order valence-electron chi connectivity index (χ2n) is 20.1. The average molecular weight is 1160 g/mol. The predicted octanol–water partition coefficient (Wildman–Crippen LogP) is 15.6. The van der Waals surface area contributed by atoms with Gasteiger partial charge in [0.15, 0.2) is 6.10 Å². The maximum absolute atomic E-state index is 12.8. The van der Waals surface area contributed by atoms with E-state index in [1.807, 2.05) is 0 Å². The molecule has 0 fully saturated rings. The molecule has 0 bridgehead atoms. The molecule has 5 unspecified atom stereocenters. The molecule has 0 rings (SSSR count). The number of rotatable bonds is 57. The van der Waals surface area contributed by atoms with Crippen molar-refractivity contribution in [3.05, 3.63) is 72.9 Å². The van der Waals surface area contributed by atoms with E-state index in [0.717, 1.165) is 135 Å². The molecule has 0 aliphatic carbocycles. The Hall–Kier alpha value is -3.01. The molecule has 0 saturated carbocycles. The summed E-state index contributed by atoms with van der Waals surface area (Å²) in [6, 6.07) is 0. The molecule has 0 aromatic rings. The van der Waals surface area contributed by atoms with E-state index in [1.165, 1.54) is 44.9 Å². The van der Waals surface area contributed by atoms with E-state index in [4.69, 9.17) is 32.3 Å². The predicted molar refractivity (Wildman–Crippen MR) is 316 cm³/mol. The first-order valence-corrected chi connectivity index (χ1v) is 33.2. The number of phosphoric ester groups is 2. The highest BCUT2D eigenvalue weighted by Crippen LogP contribution is 2.45. The monoisotopic (exact) mass is 1160 g/mol. The van der Waals surface area contributed by atoms with Crippen LogP contribution < -0.4 is 0 Å². The Labute approximate surface area is 477 Å². The molecule has 5 atom stereocenters. The van der Waals surface area contributed by atoms with Crippen molar-refractivity contribution in [3.8, 4) is 0 Å². The minimum absolute atomic E-state index is 0.0920. The van der Waals surface area contributed by atoms with Gasteiger partial charge in [-0.3, -0.25) is 32.5 Å². The van der Waals surface area contributed by atoms with Crippen LogP contribution in [0.25, 0.3) is 0 Å². The van der Waals surface area contributed by atoms with Gasteiger partial charge in [0.1, 0.15) is 25.4 Å². The molecule has 0 aromatic carbocycles. The molecule has 0 amide bonds. The Bertz CT molecular complexity index is 1750. The molecule has 0 heterocycles. The maximum Gasteiger partial charge on any atom is 0.472 e.